The normalized spacial score (nSPS) is 20.8. The van der Waals surface area contributed by atoms with E-state index in [1.165, 1.54) is 0 Å². The number of para-hydroxylation sites is 2. The molecule has 0 saturated heterocycles. The number of allylic oxidation sites excluding steroid dienone is 1. The summed E-state index contributed by atoms with van der Waals surface area (Å²) in [6, 6.07) is 19.6. The summed E-state index contributed by atoms with van der Waals surface area (Å²) in [5.74, 6) is 0.205. The van der Waals surface area contributed by atoms with Crippen LogP contribution in [-0.2, 0) is 4.79 Å². The maximum Gasteiger partial charge on any atom is 0.163 e. The fraction of sp³-hybridized carbons (Fsp3) is 0.167. The Balaban J connectivity index is 1.62. The molecule has 5 heteroatoms. The molecule has 0 radical (unpaired) electrons. The Morgan fingerprint density at radius 1 is 0.897 bits per heavy atom. The van der Waals surface area contributed by atoms with Gasteiger partial charge in [-0.2, -0.15) is 0 Å². The van der Waals surface area contributed by atoms with E-state index in [4.69, 9.17) is 11.6 Å². The van der Waals surface area contributed by atoms with Crippen molar-refractivity contribution in [3.05, 3.63) is 100 Å². The Hall–Kier alpha value is -3.11. The van der Waals surface area contributed by atoms with Crippen molar-refractivity contribution in [2.75, 3.05) is 10.6 Å². The molecule has 1 aliphatic heterocycles. The number of fused-ring (bicyclic) bond motifs is 1. The number of halogens is 1. The molecule has 0 spiro atoms. The molecule has 2 aliphatic rings. The summed E-state index contributed by atoms with van der Waals surface area (Å²) in [6.45, 7) is 0. The molecule has 2 aromatic carbocycles. The third-order valence-electron chi connectivity index (χ3n) is 5.69. The summed E-state index contributed by atoms with van der Waals surface area (Å²) in [7, 11) is 0. The number of hydrogen-bond acceptors (Lipinski definition) is 4. The number of nitrogens with zero attached hydrogens (tertiary/aromatic N) is 1. The topological polar surface area (TPSA) is 54.0 Å². The molecule has 0 bridgehead atoms. The molecule has 2 unspecified atom stereocenters. The monoisotopic (exact) mass is 401 g/mol. The zero-order valence-corrected chi connectivity index (χ0v) is 16.5. The van der Waals surface area contributed by atoms with Crippen LogP contribution in [0.1, 0.15) is 35.9 Å². The lowest BCUT2D eigenvalue weighted by atomic mass is 9.78. The molecule has 2 N–H and O–H groups in total. The van der Waals surface area contributed by atoms with Crippen molar-refractivity contribution < 1.29 is 4.79 Å². The molecule has 2 heterocycles. The summed E-state index contributed by atoms with van der Waals surface area (Å²) in [5.41, 5.74) is 5.77. The van der Waals surface area contributed by atoms with Gasteiger partial charge in [0.05, 0.1) is 17.4 Å². The van der Waals surface area contributed by atoms with Crippen molar-refractivity contribution in [2.24, 2.45) is 0 Å². The van der Waals surface area contributed by atoms with Gasteiger partial charge in [0, 0.05) is 35.1 Å². The van der Waals surface area contributed by atoms with E-state index in [1.54, 1.807) is 12.4 Å². The fourth-order valence-electron chi connectivity index (χ4n) is 4.32. The van der Waals surface area contributed by atoms with E-state index in [0.717, 1.165) is 40.2 Å². The Morgan fingerprint density at radius 3 is 2.41 bits per heavy atom. The minimum absolute atomic E-state index is 0.0609. The highest BCUT2D eigenvalue weighted by Gasteiger charge is 2.36. The van der Waals surface area contributed by atoms with Gasteiger partial charge in [0.25, 0.3) is 0 Å². The van der Waals surface area contributed by atoms with Gasteiger partial charge in [0.15, 0.2) is 5.78 Å². The van der Waals surface area contributed by atoms with Crippen molar-refractivity contribution >= 4 is 28.8 Å². The van der Waals surface area contributed by atoms with Gasteiger partial charge in [-0.3, -0.25) is 9.78 Å². The molecule has 3 aromatic rings. The van der Waals surface area contributed by atoms with Crippen LogP contribution in [0.3, 0.4) is 0 Å². The highest BCUT2D eigenvalue weighted by atomic mass is 35.5. The standard InChI is InChI=1S/C24H20ClN3O/c25-18-6-2-1-5-17(18)16-13-21-23(22(29)14-16)24(15-9-11-26-12-10-15)28-20-8-4-3-7-19(20)27-21/h1-12,16,24,27-28H,13-14H2. The Morgan fingerprint density at radius 2 is 1.62 bits per heavy atom. The summed E-state index contributed by atoms with van der Waals surface area (Å²) in [6.07, 6.45) is 4.72. The number of anilines is 2. The van der Waals surface area contributed by atoms with Crippen LogP contribution < -0.4 is 10.6 Å². The van der Waals surface area contributed by atoms with E-state index in [9.17, 15) is 4.79 Å². The van der Waals surface area contributed by atoms with Crippen molar-refractivity contribution in [3.8, 4) is 0 Å². The van der Waals surface area contributed by atoms with Crippen molar-refractivity contribution in [1.82, 2.24) is 4.98 Å². The predicted octanol–water partition coefficient (Wildman–Crippen LogP) is 5.71. The molecule has 4 nitrogen and oxygen atoms in total. The first-order chi connectivity index (χ1) is 14.2. The number of carbonyl (C=O) groups excluding carboxylic acids is 1. The number of ketones is 1. The number of benzene rings is 2. The largest absolute Gasteiger partial charge is 0.372 e. The quantitative estimate of drug-likeness (QED) is 0.577. The van der Waals surface area contributed by atoms with E-state index in [-0.39, 0.29) is 17.7 Å². The van der Waals surface area contributed by atoms with Gasteiger partial charge in [-0.25, -0.2) is 0 Å². The van der Waals surface area contributed by atoms with Crippen LogP contribution in [0, 0.1) is 0 Å². The van der Waals surface area contributed by atoms with Crippen molar-refractivity contribution in [2.45, 2.75) is 24.8 Å². The maximum absolute atomic E-state index is 13.4. The lowest BCUT2D eigenvalue weighted by Crippen LogP contribution is -2.27. The van der Waals surface area contributed by atoms with E-state index >= 15 is 0 Å². The highest BCUT2D eigenvalue weighted by molar-refractivity contribution is 6.31. The zero-order valence-electron chi connectivity index (χ0n) is 15.7. The maximum atomic E-state index is 13.4. The number of carbonyl (C=O) groups is 1. The van der Waals surface area contributed by atoms with E-state index in [1.807, 2.05) is 60.7 Å². The molecule has 1 aliphatic carbocycles. The van der Waals surface area contributed by atoms with Crippen molar-refractivity contribution in [3.63, 3.8) is 0 Å². The Bertz CT molecular complexity index is 1110. The Labute approximate surface area is 174 Å². The zero-order chi connectivity index (χ0) is 19.8. The van der Waals surface area contributed by atoms with Crippen LogP contribution in [0.25, 0.3) is 0 Å². The van der Waals surface area contributed by atoms with E-state index < -0.39 is 0 Å². The predicted molar refractivity (Wildman–Crippen MR) is 116 cm³/mol. The molecular weight excluding hydrogens is 382 g/mol. The van der Waals surface area contributed by atoms with Gasteiger partial charge in [0.1, 0.15) is 0 Å². The number of nitrogens with one attached hydrogen (secondary N) is 2. The van der Waals surface area contributed by atoms with Gasteiger partial charge in [-0.05, 0) is 53.8 Å². The molecule has 2 atom stereocenters. The lowest BCUT2D eigenvalue weighted by molar-refractivity contribution is -0.116. The summed E-state index contributed by atoms with van der Waals surface area (Å²) >= 11 is 6.45. The number of rotatable bonds is 2. The second-order valence-corrected chi connectivity index (χ2v) is 7.88. The number of hydrogen-bond donors (Lipinski definition) is 2. The summed E-state index contributed by atoms with van der Waals surface area (Å²) < 4.78 is 0. The lowest BCUT2D eigenvalue weighted by Gasteiger charge is -2.30. The van der Waals surface area contributed by atoms with E-state index in [2.05, 4.69) is 15.6 Å². The van der Waals surface area contributed by atoms with Crippen LogP contribution in [0.5, 0.6) is 0 Å². The van der Waals surface area contributed by atoms with Crippen LogP contribution >= 0.6 is 11.6 Å². The third kappa shape index (κ3) is 3.30. The van der Waals surface area contributed by atoms with Crippen LogP contribution in [0.4, 0.5) is 11.4 Å². The Kier molecular flexibility index (Phi) is 4.57. The first-order valence-corrected chi connectivity index (χ1v) is 10.1. The minimum atomic E-state index is -0.219. The number of pyridine rings is 1. The molecular formula is C24H20ClN3O. The van der Waals surface area contributed by atoms with Crippen LogP contribution in [0.2, 0.25) is 5.02 Å². The summed E-state index contributed by atoms with van der Waals surface area (Å²) in [5, 5.41) is 7.84. The van der Waals surface area contributed by atoms with Gasteiger partial charge in [0.2, 0.25) is 0 Å². The number of Topliss-reactive ketones (excluding diaryl/α,β-unsaturated/α-hetero) is 1. The van der Waals surface area contributed by atoms with Crippen LogP contribution in [-0.4, -0.2) is 10.8 Å². The van der Waals surface area contributed by atoms with Gasteiger partial charge < -0.3 is 10.6 Å². The fourth-order valence-corrected chi connectivity index (χ4v) is 4.61. The summed E-state index contributed by atoms with van der Waals surface area (Å²) in [4.78, 5) is 17.5. The second kappa shape index (κ2) is 7.37. The van der Waals surface area contributed by atoms with Gasteiger partial charge in [-0.15, -0.1) is 0 Å². The van der Waals surface area contributed by atoms with Gasteiger partial charge >= 0.3 is 0 Å². The second-order valence-electron chi connectivity index (χ2n) is 7.47. The molecule has 144 valence electrons. The molecule has 0 amide bonds. The minimum Gasteiger partial charge on any atom is -0.372 e. The third-order valence-corrected chi connectivity index (χ3v) is 6.04. The first kappa shape index (κ1) is 18.0. The molecule has 29 heavy (non-hydrogen) atoms. The van der Waals surface area contributed by atoms with E-state index in [0.29, 0.717) is 11.4 Å². The molecule has 0 fully saturated rings. The average molecular weight is 402 g/mol. The SMILES string of the molecule is O=C1CC(c2ccccc2Cl)CC2=C1C(c1ccncc1)Nc1ccccc1N2. The van der Waals surface area contributed by atoms with Crippen molar-refractivity contribution in [1.29, 1.82) is 0 Å². The van der Waals surface area contributed by atoms with Crippen LogP contribution in [0.15, 0.2) is 84.3 Å². The van der Waals surface area contributed by atoms with Gasteiger partial charge in [-0.1, -0.05) is 41.9 Å². The molecule has 0 saturated carbocycles. The smallest absolute Gasteiger partial charge is 0.163 e. The first-order valence-electron chi connectivity index (χ1n) is 9.74. The number of aromatic nitrogens is 1. The molecule has 5 rings (SSSR count). The molecule has 1 aromatic heterocycles. The average Bonchev–Trinajstić information content (AvgIpc) is 2.91. The highest BCUT2D eigenvalue weighted by Crippen LogP contribution is 2.45.